The predicted molar refractivity (Wildman–Crippen MR) is 131 cm³/mol. The molecule has 35 heavy (non-hydrogen) atoms. The van der Waals surface area contributed by atoms with Crippen LogP contribution in [0.5, 0.6) is 5.75 Å². The van der Waals surface area contributed by atoms with Gasteiger partial charge in [-0.25, -0.2) is 0 Å². The highest BCUT2D eigenvalue weighted by atomic mass is 35.5. The third kappa shape index (κ3) is 5.99. The second-order valence-corrected chi connectivity index (χ2v) is 8.94. The van der Waals surface area contributed by atoms with Crippen molar-refractivity contribution in [3.05, 3.63) is 77.2 Å². The fourth-order valence-electron chi connectivity index (χ4n) is 3.71. The van der Waals surface area contributed by atoms with Crippen molar-refractivity contribution in [2.45, 2.75) is 38.5 Å². The summed E-state index contributed by atoms with van der Waals surface area (Å²) in [5.41, 5.74) is 1.93. The number of carbonyl (C=O) groups is 2. The lowest BCUT2D eigenvalue weighted by atomic mass is 10.1. The second-order valence-electron chi connectivity index (χ2n) is 8.50. The van der Waals surface area contributed by atoms with E-state index in [-0.39, 0.29) is 31.0 Å². The Hall–Kier alpha value is -3.85. The molecule has 2 aromatic carbocycles. The second kappa shape index (κ2) is 10.2. The van der Waals surface area contributed by atoms with Crippen molar-refractivity contribution >= 4 is 34.3 Å². The topological polar surface area (TPSA) is 103 Å². The largest absolute Gasteiger partial charge is 0.483 e. The van der Waals surface area contributed by atoms with Gasteiger partial charge in [0.2, 0.25) is 0 Å². The van der Waals surface area contributed by atoms with Gasteiger partial charge in [0.15, 0.2) is 6.61 Å². The number of hydrogen-bond acceptors (Lipinski definition) is 5. The Kier molecular flexibility index (Phi) is 6.67. The maximum Gasteiger partial charge on any atom is 0.258 e. The van der Waals surface area contributed by atoms with Crippen molar-refractivity contribution < 1.29 is 14.3 Å². The van der Waals surface area contributed by atoms with Gasteiger partial charge in [0, 0.05) is 52.7 Å². The van der Waals surface area contributed by atoms with Crippen molar-refractivity contribution in [1.82, 2.24) is 30.2 Å². The van der Waals surface area contributed by atoms with E-state index in [2.05, 4.69) is 20.8 Å². The van der Waals surface area contributed by atoms with Gasteiger partial charge in [0.05, 0.1) is 18.6 Å². The highest BCUT2D eigenvalue weighted by Gasteiger charge is 2.23. The number of nitrogens with one attached hydrogen (secondary N) is 2. The Morgan fingerprint density at radius 3 is 2.77 bits per heavy atom. The zero-order valence-corrected chi connectivity index (χ0v) is 19.7. The van der Waals surface area contributed by atoms with Gasteiger partial charge in [-0.15, -0.1) is 0 Å². The Bertz CT molecular complexity index is 1350. The SMILES string of the molecule is O=C(COc1ccc(Cl)cc1CNC(=O)c1ccc2cn(CCn3cccn3)nc2c1)NC1CC1. The van der Waals surface area contributed by atoms with Gasteiger partial charge < -0.3 is 15.4 Å². The fraction of sp³-hybridized carbons (Fsp3) is 0.280. The summed E-state index contributed by atoms with van der Waals surface area (Å²) in [7, 11) is 0. The molecule has 4 aromatic rings. The van der Waals surface area contributed by atoms with E-state index in [1.165, 1.54) is 0 Å². The van der Waals surface area contributed by atoms with E-state index < -0.39 is 0 Å². The third-order valence-electron chi connectivity index (χ3n) is 5.70. The normalized spacial score (nSPS) is 13.1. The number of ether oxygens (including phenoxy) is 1. The summed E-state index contributed by atoms with van der Waals surface area (Å²) >= 11 is 6.15. The number of carbonyl (C=O) groups excluding carboxylic acids is 2. The minimum absolute atomic E-state index is 0.0845. The maximum atomic E-state index is 12.8. The highest BCUT2D eigenvalue weighted by molar-refractivity contribution is 6.30. The summed E-state index contributed by atoms with van der Waals surface area (Å²) in [4.78, 5) is 24.8. The summed E-state index contributed by atoms with van der Waals surface area (Å²) in [6, 6.07) is 12.7. The molecule has 180 valence electrons. The van der Waals surface area contributed by atoms with Crippen LogP contribution in [0.1, 0.15) is 28.8 Å². The predicted octanol–water partition coefficient (Wildman–Crippen LogP) is 3.17. The summed E-state index contributed by atoms with van der Waals surface area (Å²) in [5.74, 6) is 0.109. The quantitative estimate of drug-likeness (QED) is 0.354. The first-order valence-corrected chi connectivity index (χ1v) is 11.8. The van der Waals surface area contributed by atoms with Gasteiger partial charge in [-0.05, 0) is 49.2 Å². The summed E-state index contributed by atoms with van der Waals surface area (Å²) in [6.07, 6.45) is 7.64. The molecule has 0 saturated heterocycles. The fourth-order valence-corrected chi connectivity index (χ4v) is 3.90. The van der Waals surface area contributed by atoms with Crippen LogP contribution in [-0.2, 0) is 24.4 Å². The average molecular weight is 493 g/mol. The van der Waals surface area contributed by atoms with E-state index in [9.17, 15) is 9.59 Å². The van der Waals surface area contributed by atoms with Gasteiger partial charge in [-0.2, -0.15) is 10.2 Å². The molecular formula is C25H25ClN6O3. The Balaban J connectivity index is 1.21. The minimum Gasteiger partial charge on any atom is -0.483 e. The van der Waals surface area contributed by atoms with E-state index >= 15 is 0 Å². The first-order chi connectivity index (χ1) is 17.0. The number of rotatable bonds is 10. The number of aryl methyl sites for hydroxylation is 2. The van der Waals surface area contributed by atoms with E-state index in [1.54, 1.807) is 36.5 Å². The zero-order valence-electron chi connectivity index (χ0n) is 19.0. The number of fused-ring (bicyclic) bond motifs is 1. The summed E-state index contributed by atoms with van der Waals surface area (Å²) in [6.45, 7) is 1.50. The lowest BCUT2D eigenvalue weighted by Gasteiger charge is -2.13. The molecule has 0 radical (unpaired) electrons. The van der Waals surface area contributed by atoms with E-state index in [4.69, 9.17) is 16.3 Å². The Labute approximate surface area is 207 Å². The molecule has 2 amide bonds. The number of aromatic nitrogens is 4. The number of benzene rings is 2. The molecule has 2 aromatic heterocycles. The van der Waals surface area contributed by atoms with Crippen LogP contribution in [0.3, 0.4) is 0 Å². The number of halogens is 1. The van der Waals surface area contributed by atoms with E-state index in [0.717, 1.165) is 23.7 Å². The molecule has 0 spiro atoms. The molecule has 9 nitrogen and oxygen atoms in total. The lowest BCUT2D eigenvalue weighted by Crippen LogP contribution is -2.30. The van der Waals surface area contributed by atoms with Crippen molar-refractivity contribution in [2.75, 3.05) is 6.61 Å². The molecule has 2 heterocycles. The van der Waals surface area contributed by atoms with Gasteiger partial charge in [-0.3, -0.25) is 19.0 Å². The molecule has 0 atom stereocenters. The molecule has 10 heteroatoms. The zero-order chi connectivity index (χ0) is 24.2. The Morgan fingerprint density at radius 2 is 1.97 bits per heavy atom. The van der Waals surface area contributed by atoms with Crippen molar-refractivity contribution in [3.63, 3.8) is 0 Å². The lowest BCUT2D eigenvalue weighted by molar-refractivity contribution is -0.123. The smallest absolute Gasteiger partial charge is 0.258 e. The van der Waals surface area contributed by atoms with Gasteiger partial charge in [-0.1, -0.05) is 17.7 Å². The molecule has 0 bridgehead atoms. The summed E-state index contributed by atoms with van der Waals surface area (Å²) in [5, 5.41) is 16.0. The number of hydrogen-bond donors (Lipinski definition) is 2. The van der Waals surface area contributed by atoms with Crippen LogP contribution >= 0.6 is 11.6 Å². The molecule has 1 saturated carbocycles. The highest BCUT2D eigenvalue weighted by Crippen LogP contribution is 2.24. The van der Waals surface area contributed by atoms with Crippen LogP contribution in [0.25, 0.3) is 10.9 Å². The number of amides is 2. The van der Waals surface area contributed by atoms with Crippen LogP contribution in [0.4, 0.5) is 0 Å². The molecule has 0 unspecified atom stereocenters. The van der Waals surface area contributed by atoms with Gasteiger partial charge >= 0.3 is 0 Å². The van der Waals surface area contributed by atoms with Gasteiger partial charge in [0.1, 0.15) is 5.75 Å². The molecule has 1 fully saturated rings. The van der Waals surface area contributed by atoms with Crippen LogP contribution in [0.2, 0.25) is 5.02 Å². The molecule has 1 aliphatic rings. The first kappa shape index (κ1) is 22.9. The molecule has 0 aliphatic heterocycles. The van der Waals surface area contributed by atoms with E-state index in [0.29, 0.717) is 35.0 Å². The van der Waals surface area contributed by atoms with Crippen LogP contribution < -0.4 is 15.4 Å². The van der Waals surface area contributed by atoms with Gasteiger partial charge in [0.25, 0.3) is 11.8 Å². The molecule has 5 rings (SSSR count). The molecule has 2 N–H and O–H groups in total. The first-order valence-electron chi connectivity index (χ1n) is 11.5. The monoisotopic (exact) mass is 492 g/mol. The molecule has 1 aliphatic carbocycles. The standard InChI is InChI=1S/C25H25ClN6O3/c26-20-4-7-23(35-16-24(33)29-21-5-6-21)19(12-20)14-27-25(34)17-2-3-18-15-32(30-22(18)13-17)11-10-31-9-1-8-28-31/h1-4,7-9,12-13,15,21H,5-6,10-11,14,16H2,(H,27,34)(H,29,33). The van der Waals surface area contributed by atoms with Crippen LogP contribution in [0.15, 0.2) is 61.1 Å². The Morgan fingerprint density at radius 1 is 1.11 bits per heavy atom. The summed E-state index contributed by atoms with van der Waals surface area (Å²) < 4.78 is 9.39. The van der Waals surface area contributed by atoms with Crippen molar-refractivity contribution in [1.29, 1.82) is 0 Å². The van der Waals surface area contributed by atoms with Crippen LogP contribution in [-0.4, -0.2) is 44.0 Å². The third-order valence-corrected chi connectivity index (χ3v) is 5.93. The average Bonchev–Trinajstić information content (AvgIpc) is 3.33. The molecular weight excluding hydrogens is 468 g/mol. The van der Waals surface area contributed by atoms with Crippen molar-refractivity contribution in [3.8, 4) is 5.75 Å². The van der Waals surface area contributed by atoms with E-state index in [1.807, 2.05) is 33.9 Å². The van der Waals surface area contributed by atoms with Crippen LogP contribution in [0, 0.1) is 0 Å². The van der Waals surface area contributed by atoms with Crippen molar-refractivity contribution in [2.24, 2.45) is 0 Å². The maximum absolute atomic E-state index is 12.8. The number of nitrogens with zero attached hydrogens (tertiary/aromatic N) is 4. The minimum atomic E-state index is -0.240.